The van der Waals surface area contributed by atoms with Gasteiger partial charge in [0.1, 0.15) is 0 Å². The molecule has 0 radical (unpaired) electrons. The monoisotopic (exact) mass is 275 g/mol. The van der Waals surface area contributed by atoms with Crippen LogP contribution in [0.2, 0.25) is 0 Å². The fourth-order valence-electron chi connectivity index (χ4n) is 5.46. The first-order valence-electron chi connectivity index (χ1n) is 7.89. The van der Waals surface area contributed by atoms with E-state index in [9.17, 15) is 9.90 Å². The average molecular weight is 275 g/mol. The van der Waals surface area contributed by atoms with Crippen molar-refractivity contribution < 1.29 is 14.4 Å². The molecule has 0 atom stereocenters. The lowest BCUT2D eigenvalue weighted by Crippen LogP contribution is -2.44. The molecule has 4 bridgehead atoms. The molecule has 4 aliphatic rings. The van der Waals surface area contributed by atoms with Crippen LogP contribution >= 0.6 is 0 Å². The van der Waals surface area contributed by atoms with Gasteiger partial charge in [-0.1, -0.05) is 12.1 Å². The van der Waals surface area contributed by atoms with Gasteiger partial charge in [0.25, 0.3) is 0 Å². The van der Waals surface area contributed by atoms with Crippen molar-refractivity contribution in [1.82, 2.24) is 5.16 Å². The molecule has 0 unspecified atom stereocenters. The topological polar surface area (TPSA) is 63.3 Å². The third-order valence-electron chi connectivity index (χ3n) is 5.91. The van der Waals surface area contributed by atoms with Crippen molar-refractivity contribution in [2.45, 2.75) is 51.4 Å². The van der Waals surface area contributed by atoms with Gasteiger partial charge in [0.05, 0.1) is 5.69 Å². The number of carboxylic acid groups (broad SMARTS) is 1. The normalized spacial score (nSPS) is 38.4. The SMILES string of the molecule is CCc1c(C2C3CC4CC(C3)CC2C4)noc1C(=O)O. The second kappa shape index (κ2) is 4.34. The predicted octanol–water partition coefficient (Wildman–Crippen LogP) is 3.47. The quantitative estimate of drug-likeness (QED) is 0.917. The smallest absolute Gasteiger partial charge is 0.375 e. The molecule has 4 aliphatic carbocycles. The molecule has 0 aromatic carbocycles. The van der Waals surface area contributed by atoms with E-state index >= 15 is 0 Å². The maximum atomic E-state index is 11.2. The van der Waals surface area contributed by atoms with Crippen molar-refractivity contribution >= 4 is 5.97 Å². The second-order valence-corrected chi connectivity index (χ2v) is 6.99. The van der Waals surface area contributed by atoms with Crippen molar-refractivity contribution in [1.29, 1.82) is 0 Å². The lowest BCUT2D eigenvalue weighted by molar-refractivity contribution is -0.00529. The Morgan fingerprint density at radius 1 is 1.20 bits per heavy atom. The number of nitrogens with zero attached hydrogens (tertiary/aromatic N) is 1. The van der Waals surface area contributed by atoms with Crippen LogP contribution in [0.3, 0.4) is 0 Å². The van der Waals surface area contributed by atoms with E-state index in [0.29, 0.717) is 24.2 Å². The van der Waals surface area contributed by atoms with Crippen LogP contribution < -0.4 is 0 Å². The van der Waals surface area contributed by atoms with Crippen molar-refractivity contribution in [2.75, 3.05) is 0 Å². The summed E-state index contributed by atoms with van der Waals surface area (Å²) in [5.74, 6) is 2.80. The molecule has 0 amide bonds. The number of carboxylic acids is 1. The number of rotatable bonds is 3. The van der Waals surface area contributed by atoms with E-state index in [-0.39, 0.29) is 5.76 Å². The minimum Gasteiger partial charge on any atom is -0.475 e. The van der Waals surface area contributed by atoms with Gasteiger partial charge in [0.2, 0.25) is 5.76 Å². The Labute approximate surface area is 118 Å². The molecule has 4 nitrogen and oxygen atoms in total. The fraction of sp³-hybridized carbons (Fsp3) is 0.750. The van der Waals surface area contributed by atoms with Gasteiger partial charge in [-0.3, -0.25) is 0 Å². The average Bonchev–Trinajstić information content (AvgIpc) is 2.81. The standard InChI is InChI=1S/C16H21NO3/c1-2-12-14(17-20-15(12)16(18)19)13-10-4-8-3-9(6-10)7-11(13)5-8/h8-11,13H,2-7H2,1H3,(H,18,19). The Kier molecular flexibility index (Phi) is 2.69. The molecule has 4 saturated carbocycles. The van der Waals surface area contributed by atoms with Crippen molar-refractivity contribution in [3.63, 3.8) is 0 Å². The van der Waals surface area contributed by atoms with E-state index in [1.54, 1.807) is 0 Å². The van der Waals surface area contributed by atoms with E-state index in [1.807, 2.05) is 6.92 Å². The molecule has 4 heteroatoms. The van der Waals surface area contributed by atoms with E-state index in [4.69, 9.17) is 4.52 Å². The number of hydrogen-bond acceptors (Lipinski definition) is 3. The maximum Gasteiger partial charge on any atom is 0.375 e. The van der Waals surface area contributed by atoms with Gasteiger partial charge in [-0.2, -0.15) is 0 Å². The van der Waals surface area contributed by atoms with E-state index in [1.165, 1.54) is 32.1 Å². The van der Waals surface area contributed by atoms with Crippen LogP contribution in [0.5, 0.6) is 0 Å². The highest BCUT2D eigenvalue weighted by Gasteiger charge is 2.50. The van der Waals surface area contributed by atoms with Crippen molar-refractivity contribution in [2.24, 2.45) is 23.7 Å². The summed E-state index contributed by atoms with van der Waals surface area (Å²) >= 11 is 0. The Hall–Kier alpha value is -1.32. The van der Waals surface area contributed by atoms with Gasteiger partial charge in [-0.25, -0.2) is 4.79 Å². The van der Waals surface area contributed by atoms with Crippen LogP contribution in [0.15, 0.2) is 4.52 Å². The zero-order valence-electron chi connectivity index (χ0n) is 11.8. The van der Waals surface area contributed by atoms with Crippen molar-refractivity contribution in [3.8, 4) is 0 Å². The van der Waals surface area contributed by atoms with E-state index in [2.05, 4.69) is 5.16 Å². The summed E-state index contributed by atoms with van der Waals surface area (Å²) in [5.41, 5.74) is 1.81. The van der Waals surface area contributed by atoms with Crippen LogP contribution in [0.4, 0.5) is 0 Å². The first-order chi connectivity index (χ1) is 9.67. The Morgan fingerprint density at radius 2 is 1.80 bits per heavy atom. The lowest BCUT2D eigenvalue weighted by atomic mass is 9.51. The summed E-state index contributed by atoms with van der Waals surface area (Å²) < 4.78 is 5.16. The summed E-state index contributed by atoms with van der Waals surface area (Å²) in [7, 11) is 0. The Morgan fingerprint density at radius 3 is 2.30 bits per heavy atom. The molecule has 5 rings (SSSR count). The molecule has 0 spiro atoms. The molecule has 0 saturated heterocycles. The molecule has 1 N–H and O–H groups in total. The van der Waals surface area contributed by atoms with Gasteiger partial charge < -0.3 is 9.63 Å². The zero-order valence-corrected chi connectivity index (χ0v) is 11.8. The summed E-state index contributed by atoms with van der Waals surface area (Å²) in [5, 5.41) is 13.4. The van der Waals surface area contributed by atoms with Crippen LogP contribution in [-0.2, 0) is 6.42 Å². The first-order valence-corrected chi connectivity index (χ1v) is 7.89. The maximum absolute atomic E-state index is 11.2. The van der Waals surface area contributed by atoms with E-state index < -0.39 is 5.97 Å². The van der Waals surface area contributed by atoms with Crippen LogP contribution in [0.25, 0.3) is 0 Å². The first kappa shape index (κ1) is 12.4. The largest absolute Gasteiger partial charge is 0.475 e. The predicted molar refractivity (Wildman–Crippen MR) is 72.6 cm³/mol. The van der Waals surface area contributed by atoms with Crippen LogP contribution in [0, 0.1) is 23.7 Å². The number of hydrogen-bond donors (Lipinski definition) is 1. The molecule has 0 aliphatic heterocycles. The molecular weight excluding hydrogens is 254 g/mol. The Bertz CT molecular complexity index is 520. The van der Waals surface area contributed by atoms with Crippen LogP contribution in [0.1, 0.15) is 66.8 Å². The highest BCUT2D eigenvalue weighted by molar-refractivity contribution is 5.86. The van der Waals surface area contributed by atoms with E-state index in [0.717, 1.165) is 23.1 Å². The number of carbonyl (C=O) groups is 1. The third-order valence-corrected chi connectivity index (χ3v) is 5.91. The van der Waals surface area contributed by atoms with Gasteiger partial charge in [0, 0.05) is 11.5 Å². The van der Waals surface area contributed by atoms with Crippen LogP contribution in [-0.4, -0.2) is 16.2 Å². The minimum atomic E-state index is -0.982. The fourth-order valence-corrected chi connectivity index (χ4v) is 5.46. The molecule has 20 heavy (non-hydrogen) atoms. The minimum absolute atomic E-state index is 0.0660. The highest BCUT2D eigenvalue weighted by Crippen LogP contribution is 2.60. The Balaban J connectivity index is 1.73. The number of aromatic carboxylic acids is 1. The molecule has 4 fully saturated rings. The molecule has 1 aromatic rings. The summed E-state index contributed by atoms with van der Waals surface area (Å²) in [6, 6.07) is 0. The highest BCUT2D eigenvalue weighted by atomic mass is 16.5. The lowest BCUT2D eigenvalue weighted by Gasteiger charge is -2.54. The summed E-state index contributed by atoms with van der Waals surface area (Å²) in [6.07, 6.45) is 7.39. The number of aromatic nitrogens is 1. The zero-order chi connectivity index (χ0) is 13.9. The molecule has 108 valence electrons. The second-order valence-electron chi connectivity index (χ2n) is 6.99. The molecule has 1 heterocycles. The van der Waals surface area contributed by atoms with Gasteiger partial charge >= 0.3 is 5.97 Å². The summed E-state index contributed by atoms with van der Waals surface area (Å²) in [6.45, 7) is 2.00. The van der Waals surface area contributed by atoms with Gasteiger partial charge in [0.15, 0.2) is 0 Å². The van der Waals surface area contributed by atoms with Gasteiger partial charge in [-0.05, 0) is 62.2 Å². The third kappa shape index (κ3) is 1.66. The van der Waals surface area contributed by atoms with Crippen molar-refractivity contribution in [3.05, 3.63) is 17.0 Å². The molecular formula is C16H21NO3. The van der Waals surface area contributed by atoms with Gasteiger partial charge in [-0.15, -0.1) is 0 Å². The summed E-state index contributed by atoms with van der Waals surface area (Å²) in [4.78, 5) is 11.2. The molecule has 1 aromatic heterocycles.